The first-order valence-corrected chi connectivity index (χ1v) is 4.14. The van der Waals surface area contributed by atoms with Crippen molar-refractivity contribution < 1.29 is 9.47 Å². The van der Waals surface area contributed by atoms with Gasteiger partial charge in [-0.1, -0.05) is 0 Å². The molecule has 0 saturated heterocycles. The highest BCUT2D eigenvalue weighted by Crippen LogP contribution is 2.61. The molecule has 0 spiro atoms. The summed E-state index contributed by atoms with van der Waals surface area (Å²) >= 11 is 0. The molecule has 1 aromatic carbocycles. The smallest absolute Gasteiger partial charge is 0.210 e. The van der Waals surface area contributed by atoms with E-state index in [0.29, 0.717) is 5.69 Å². The van der Waals surface area contributed by atoms with Crippen LogP contribution in [0.4, 0.5) is 11.4 Å². The number of anilines is 2. The largest absolute Gasteiger partial charge is 0.492 e. The van der Waals surface area contributed by atoms with E-state index in [-0.39, 0.29) is 5.72 Å². The molecule has 0 fully saturated rings. The second-order valence-corrected chi connectivity index (χ2v) is 3.51. The third-order valence-electron chi connectivity index (χ3n) is 2.63. The molecule has 4 nitrogen and oxygen atoms in total. The van der Waals surface area contributed by atoms with Crippen LogP contribution in [0.3, 0.4) is 0 Å². The first-order chi connectivity index (χ1) is 6.15. The Hall–Kier alpha value is -1.58. The normalized spacial score (nSPS) is 26.0. The van der Waals surface area contributed by atoms with Crippen LogP contribution in [0.15, 0.2) is 6.07 Å². The summed E-state index contributed by atoms with van der Waals surface area (Å²) < 4.78 is 10.7. The Morgan fingerprint density at radius 2 is 2.38 bits per heavy atom. The van der Waals surface area contributed by atoms with Crippen LogP contribution in [0, 0.1) is 0 Å². The summed E-state index contributed by atoms with van der Waals surface area (Å²) in [6.07, 6.45) is 0. The van der Waals surface area contributed by atoms with Crippen molar-refractivity contribution in [3.8, 4) is 11.5 Å². The molecule has 68 valence electrons. The monoisotopic (exact) mass is 178 g/mol. The highest BCUT2D eigenvalue weighted by molar-refractivity contribution is 5.86. The Kier molecular flexibility index (Phi) is 0.893. The lowest BCUT2D eigenvalue weighted by Crippen LogP contribution is -2.53. The van der Waals surface area contributed by atoms with Crippen LogP contribution in [0.5, 0.6) is 11.5 Å². The molecular formula is C9H10N2O2. The summed E-state index contributed by atoms with van der Waals surface area (Å²) in [6, 6.07) is 1.81. The van der Waals surface area contributed by atoms with Crippen LogP contribution in [0.1, 0.15) is 12.5 Å². The van der Waals surface area contributed by atoms with Crippen molar-refractivity contribution in [3.05, 3.63) is 11.6 Å². The molecule has 1 unspecified atom stereocenters. The number of benzene rings is 1. The summed E-state index contributed by atoms with van der Waals surface area (Å²) in [5.74, 6) is 1.59. The highest BCUT2D eigenvalue weighted by Gasteiger charge is 2.53. The molecule has 3 rings (SSSR count). The van der Waals surface area contributed by atoms with Crippen molar-refractivity contribution >= 4 is 11.4 Å². The van der Waals surface area contributed by atoms with Crippen molar-refractivity contribution in [2.24, 2.45) is 0 Å². The average molecular weight is 178 g/mol. The maximum absolute atomic E-state index is 5.76. The maximum atomic E-state index is 5.76. The number of methoxy groups -OCH3 is 1. The summed E-state index contributed by atoms with van der Waals surface area (Å²) in [6.45, 7) is 1.98. The molecule has 3 N–H and O–H groups in total. The molecule has 0 amide bonds. The third kappa shape index (κ3) is 0.557. The van der Waals surface area contributed by atoms with Crippen molar-refractivity contribution in [3.63, 3.8) is 0 Å². The standard InChI is InChI=1S/C9H10N2O2/c1-9-6-5(13-9)3-4(10)8(12-2)7(6)11-9/h3,11H,10H2,1-2H3. The van der Waals surface area contributed by atoms with E-state index in [1.807, 2.05) is 6.92 Å². The average Bonchev–Trinajstić information content (AvgIpc) is 2.01. The number of ether oxygens (including phenoxy) is 2. The van der Waals surface area contributed by atoms with Crippen LogP contribution in [-0.2, 0) is 5.72 Å². The second-order valence-electron chi connectivity index (χ2n) is 3.51. The molecule has 0 radical (unpaired) electrons. The van der Waals surface area contributed by atoms with Crippen LogP contribution in [0.2, 0.25) is 0 Å². The van der Waals surface area contributed by atoms with Crippen molar-refractivity contribution in [1.82, 2.24) is 0 Å². The molecule has 1 aromatic rings. The van der Waals surface area contributed by atoms with Gasteiger partial charge in [-0.05, 0) is 6.92 Å². The minimum absolute atomic E-state index is 0.286. The van der Waals surface area contributed by atoms with E-state index in [1.54, 1.807) is 13.2 Å². The van der Waals surface area contributed by atoms with E-state index >= 15 is 0 Å². The van der Waals surface area contributed by atoms with E-state index in [0.717, 1.165) is 17.2 Å². The minimum Gasteiger partial charge on any atom is -0.492 e. The van der Waals surface area contributed by atoms with E-state index in [2.05, 4.69) is 5.32 Å². The predicted molar refractivity (Wildman–Crippen MR) is 49.0 cm³/mol. The fourth-order valence-corrected chi connectivity index (χ4v) is 2.04. The number of hydrogen-bond donors (Lipinski definition) is 2. The van der Waals surface area contributed by atoms with E-state index in [1.165, 1.54) is 5.56 Å². The Morgan fingerprint density at radius 1 is 1.62 bits per heavy atom. The lowest BCUT2D eigenvalue weighted by molar-refractivity contribution is 0.0420. The van der Waals surface area contributed by atoms with E-state index in [9.17, 15) is 0 Å². The number of nitrogens with two attached hydrogens (primary N) is 1. The molecule has 13 heavy (non-hydrogen) atoms. The summed E-state index contributed by atoms with van der Waals surface area (Å²) in [7, 11) is 1.62. The fourth-order valence-electron chi connectivity index (χ4n) is 2.04. The first kappa shape index (κ1) is 6.88. The summed E-state index contributed by atoms with van der Waals surface area (Å²) in [5, 5.41) is 3.17. The van der Waals surface area contributed by atoms with Gasteiger partial charge in [0.2, 0.25) is 5.72 Å². The molecule has 0 bridgehead atoms. The van der Waals surface area contributed by atoms with Gasteiger partial charge in [0.15, 0.2) is 5.75 Å². The predicted octanol–water partition coefficient (Wildman–Crippen LogP) is 1.27. The van der Waals surface area contributed by atoms with Gasteiger partial charge in [-0.15, -0.1) is 0 Å². The molecule has 0 aromatic heterocycles. The van der Waals surface area contributed by atoms with Crippen LogP contribution < -0.4 is 20.5 Å². The minimum atomic E-state index is -0.286. The van der Waals surface area contributed by atoms with Crippen LogP contribution in [-0.4, -0.2) is 7.11 Å². The zero-order valence-electron chi connectivity index (χ0n) is 7.47. The topological polar surface area (TPSA) is 56.5 Å². The Balaban J connectivity index is 2.27. The van der Waals surface area contributed by atoms with Gasteiger partial charge in [-0.3, -0.25) is 0 Å². The molecule has 1 atom stereocenters. The van der Waals surface area contributed by atoms with Gasteiger partial charge in [-0.2, -0.15) is 0 Å². The molecule has 2 aliphatic rings. The lowest BCUT2D eigenvalue weighted by Gasteiger charge is -2.51. The Labute approximate surface area is 75.6 Å². The van der Waals surface area contributed by atoms with Crippen LogP contribution >= 0.6 is 0 Å². The van der Waals surface area contributed by atoms with Crippen molar-refractivity contribution in [2.45, 2.75) is 12.6 Å². The van der Waals surface area contributed by atoms with Gasteiger partial charge < -0.3 is 20.5 Å². The second kappa shape index (κ2) is 1.69. The zero-order chi connectivity index (χ0) is 9.22. The molecule has 0 aliphatic carbocycles. The number of nitrogens with one attached hydrogen (secondary N) is 1. The maximum Gasteiger partial charge on any atom is 0.210 e. The number of rotatable bonds is 1. The van der Waals surface area contributed by atoms with Gasteiger partial charge in [0, 0.05) is 6.07 Å². The number of nitrogen functional groups attached to an aromatic ring is 1. The van der Waals surface area contributed by atoms with Gasteiger partial charge in [0.25, 0.3) is 0 Å². The van der Waals surface area contributed by atoms with Gasteiger partial charge >= 0.3 is 0 Å². The Morgan fingerprint density at radius 3 is 3.00 bits per heavy atom. The quantitative estimate of drug-likeness (QED) is 0.636. The number of hydrogen-bond acceptors (Lipinski definition) is 4. The summed E-state index contributed by atoms with van der Waals surface area (Å²) in [4.78, 5) is 0. The molecule has 4 heteroatoms. The van der Waals surface area contributed by atoms with Crippen molar-refractivity contribution in [1.29, 1.82) is 0 Å². The molecule has 2 aliphatic heterocycles. The van der Waals surface area contributed by atoms with E-state index in [4.69, 9.17) is 15.2 Å². The van der Waals surface area contributed by atoms with Gasteiger partial charge in [-0.25, -0.2) is 0 Å². The summed E-state index contributed by atoms with van der Waals surface area (Å²) in [5.41, 5.74) is 8.25. The zero-order valence-corrected chi connectivity index (χ0v) is 7.47. The molecule has 0 saturated carbocycles. The van der Waals surface area contributed by atoms with Crippen molar-refractivity contribution in [2.75, 3.05) is 18.2 Å². The van der Waals surface area contributed by atoms with Gasteiger partial charge in [0.1, 0.15) is 5.75 Å². The molecular weight excluding hydrogens is 168 g/mol. The van der Waals surface area contributed by atoms with Crippen LogP contribution in [0.25, 0.3) is 0 Å². The Bertz CT molecular complexity index is 402. The highest BCUT2D eigenvalue weighted by atomic mass is 16.5. The van der Waals surface area contributed by atoms with Gasteiger partial charge in [0.05, 0.1) is 24.0 Å². The fraction of sp³-hybridized carbons (Fsp3) is 0.333. The molecule has 2 heterocycles. The third-order valence-corrected chi connectivity index (χ3v) is 2.63. The first-order valence-electron chi connectivity index (χ1n) is 4.14. The SMILES string of the molecule is COc1c(N)cc2c3c1NC3(C)O2. The van der Waals surface area contributed by atoms with E-state index < -0.39 is 0 Å². The lowest BCUT2D eigenvalue weighted by atomic mass is 9.86.